The molecule has 2 rings (SSSR count). The van der Waals surface area contributed by atoms with Gasteiger partial charge in [-0.2, -0.15) is 0 Å². The molecular weight excluding hydrogens is 269 g/mol. The second-order valence-corrected chi connectivity index (χ2v) is 4.24. The molecule has 0 radical (unpaired) electrons. The summed E-state index contributed by atoms with van der Waals surface area (Å²) >= 11 is 0. The van der Waals surface area contributed by atoms with Crippen molar-refractivity contribution in [1.29, 1.82) is 0 Å². The number of nitrogens with two attached hydrogens (primary N) is 1. The fourth-order valence-corrected chi connectivity index (χ4v) is 1.74. The third-order valence-corrected chi connectivity index (χ3v) is 2.73. The van der Waals surface area contributed by atoms with Crippen LogP contribution in [0.5, 0.6) is 0 Å². The van der Waals surface area contributed by atoms with Crippen molar-refractivity contribution in [3.8, 4) is 11.8 Å². The summed E-state index contributed by atoms with van der Waals surface area (Å²) in [6.07, 6.45) is 3.33. The van der Waals surface area contributed by atoms with Gasteiger partial charge in [0.05, 0.1) is 12.1 Å². The van der Waals surface area contributed by atoms with E-state index in [1.165, 1.54) is 18.2 Å². The number of aromatic nitrogens is 1. The minimum atomic E-state index is -0.444. The molecule has 4 nitrogen and oxygen atoms in total. The summed E-state index contributed by atoms with van der Waals surface area (Å²) in [5, 5.41) is 2.75. The number of pyridine rings is 1. The number of halogens is 1. The Kier molecular flexibility index (Phi) is 5.02. The topological polar surface area (TPSA) is 68.0 Å². The van der Waals surface area contributed by atoms with Gasteiger partial charge in [0.15, 0.2) is 0 Å². The lowest BCUT2D eigenvalue weighted by Crippen LogP contribution is -2.23. The van der Waals surface area contributed by atoms with Crippen molar-refractivity contribution in [2.75, 3.05) is 6.54 Å². The lowest BCUT2D eigenvalue weighted by Gasteiger charge is -2.07. The second kappa shape index (κ2) is 7.17. The molecule has 0 aliphatic rings. The molecule has 0 fully saturated rings. The van der Waals surface area contributed by atoms with Gasteiger partial charge in [-0.3, -0.25) is 9.78 Å². The summed E-state index contributed by atoms with van der Waals surface area (Å²) in [7, 11) is 0. The van der Waals surface area contributed by atoms with Gasteiger partial charge in [0.2, 0.25) is 0 Å². The van der Waals surface area contributed by atoms with Crippen LogP contribution in [0.15, 0.2) is 42.7 Å². The second-order valence-electron chi connectivity index (χ2n) is 4.24. The summed E-state index contributed by atoms with van der Waals surface area (Å²) in [4.78, 5) is 16.1. The van der Waals surface area contributed by atoms with E-state index < -0.39 is 5.82 Å². The number of amides is 1. The van der Waals surface area contributed by atoms with Crippen molar-refractivity contribution in [2.24, 2.45) is 5.73 Å². The van der Waals surface area contributed by atoms with E-state index in [4.69, 9.17) is 5.73 Å². The fraction of sp³-hybridized carbons (Fsp3) is 0.125. The molecule has 1 aromatic heterocycles. The largest absolute Gasteiger partial charge is 0.348 e. The van der Waals surface area contributed by atoms with E-state index in [0.717, 1.165) is 5.56 Å². The number of hydrogen-bond donors (Lipinski definition) is 2. The Morgan fingerprint density at radius 1 is 1.38 bits per heavy atom. The average Bonchev–Trinajstić information content (AvgIpc) is 2.51. The van der Waals surface area contributed by atoms with E-state index in [9.17, 15) is 9.18 Å². The van der Waals surface area contributed by atoms with Gasteiger partial charge in [-0.25, -0.2) is 4.39 Å². The number of carbonyl (C=O) groups is 1. The first-order chi connectivity index (χ1) is 10.2. The van der Waals surface area contributed by atoms with E-state index in [2.05, 4.69) is 22.1 Å². The van der Waals surface area contributed by atoms with Crippen LogP contribution in [0.25, 0.3) is 0 Å². The monoisotopic (exact) mass is 283 g/mol. The van der Waals surface area contributed by atoms with E-state index in [1.807, 2.05) is 6.07 Å². The quantitative estimate of drug-likeness (QED) is 0.838. The maximum Gasteiger partial charge on any atom is 0.252 e. The summed E-state index contributed by atoms with van der Waals surface area (Å²) in [5.74, 6) is 4.56. The van der Waals surface area contributed by atoms with Crippen molar-refractivity contribution in [3.63, 3.8) is 0 Å². The van der Waals surface area contributed by atoms with Gasteiger partial charge in [-0.15, -0.1) is 0 Å². The molecule has 0 aliphatic carbocycles. The van der Waals surface area contributed by atoms with Crippen LogP contribution < -0.4 is 11.1 Å². The number of hydrogen-bond acceptors (Lipinski definition) is 3. The third kappa shape index (κ3) is 4.13. The van der Waals surface area contributed by atoms with Crippen LogP contribution in [0.1, 0.15) is 21.5 Å². The smallest absolute Gasteiger partial charge is 0.252 e. The Balaban J connectivity index is 2.15. The van der Waals surface area contributed by atoms with Crippen molar-refractivity contribution < 1.29 is 9.18 Å². The molecule has 0 bridgehead atoms. The lowest BCUT2D eigenvalue weighted by atomic mass is 10.1. The summed E-state index contributed by atoms with van der Waals surface area (Å²) in [6, 6.07) is 7.51. The first-order valence-electron chi connectivity index (χ1n) is 6.36. The van der Waals surface area contributed by atoms with Crippen LogP contribution >= 0.6 is 0 Å². The van der Waals surface area contributed by atoms with Gasteiger partial charge >= 0.3 is 0 Å². The maximum atomic E-state index is 13.2. The van der Waals surface area contributed by atoms with Gasteiger partial charge in [-0.1, -0.05) is 17.9 Å². The molecule has 5 heteroatoms. The Labute approximate surface area is 122 Å². The predicted molar refractivity (Wildman–Crippen MR) is 77.7 cm³/mol. The molecule has 1 aromatic carbocycles. The number of nitrogens with zero attached hydrogens (tertiary/aromatic N) is 1. The molecule has 1 heterocycles. The Hall–Kier alpha value is -2.71. The van der Waals surface area contributed by atoms with Crippen molar-refractivity contribution in [2.45, 2.75) is 6.54 Å². The molecule has 2 aromatic rings. The van der Waals surface area contributed by atoms with E-state index >= 15 is 0 Å². The molecule has 0 saturated heterocycles. The highest BCUT2D eigenvalue weighted by Gasteiger charge is 2.11. The molecule has 0 atom stereocenters. The number of nitrogens with one attached hydrogen (secondary N) is 1. The zero-order chi connectivity index (χ0) is 15.1. The molecule has 0 aliphatic heterocycles. The first-order valence-corrected chi connectivity index (χ1v) is 6.36. The van der Waals surface area contributed by atoms with Gasteiger partial charge in [-0.05, 0) is 29.8 Å². The summed E-state index contributed by atoms with van der Waals surface area (Å²) in [5.41, 5.74) is 6.82. The lowest BCUT2D eigenvalue weighted by molar-refractivity contribution is 0.0950. The van der Waals surface area contributed by atoms with Crippen LogP contribution in [0.2, 0.25) is 0 Å². The number of benzene rings is 1. The van der Waals surface area contributed by atoms with E-state index in [-0.39, 0.29) is 12.5 Å². The Bertz CT molecular complexity index is 690. The summed E-state index contributed by atoms with van der Waals surface area (Å²) in [6.45, 7) is 0.487. The third-order valence-electron chi connectivity index (χ3n) is 2.73. The molecule has 0 unspecified atom stereocenters. The van der Waals surface area contributed by atoms with Gasteiger partial charge in [0.25, 0.3) is 5.91 Å². The minimum Gasteiger partial charge on any atom is -0.348 e. The number of carbonyl (C=O) groups excluding carboxylic acids is 1. The van der Waals surface area contributed by atoms with Crippen molar-refractivity contribution >= 4 is 5.91 Å². The molecule has 106 valence electrons. The zero-order valence-electron chi connectivity index (χ0n) is 11.3. The first kappa shape index (κ1) is 14.7. The van der Waals surface area contributed by atoms with E-state index in [1.54, 1.807) is 18.5 Å². The highest BCUT2D eigenvalue weighted by molar-refractivity contribution is 5.96. The normalized spacial score (nSPS) is 9.62. The zero-order valence-corrected chi connectivity index (χ0v) is 11.3. The molecule has 1 amide bonds. The van der Waals surface area contributed by atoms with Crippen LogP contribution in [0, 0.1) is 17.7 Å². The average molecular weight is 283 g/mol. The van der Waals surface area contributed by atoms with Gasteiger partial charge in [0.1, 0.15) is 5.82 Å². The predicted octanol–water partition coefficient (Wildman–Crippen LogP) is 1.46. The Morgan fingerprint density at radius 3 is 2.95 bits per heavy atom. The highest BCUT2D eigenvalue weighted by Crippen LogP contribution is 2.10. The molecular formula is C16H14FN3O. The van der Waals surface area contributed by atoms with Gasteiger partial charge < -0.3 is 11.1 Å². The maximum absolute atomic E-state index is 13.2. The molecule has 0 saturated carbocycles. The highest BCUT2D eigenvalue weighted by atomic mass is 19.1. The van der Waals surface area contributed by atoms with Crippen molar-refractivity contribution in [1.82, 2.24) is 10.3 Å². The van der Waals surface area contributed by atoms with Crippen LogP contribution in [0.3, 0.4) is 0 Å². The fourth-order valence-electron chi connectivity index (χ4n) is 1.74. The minimum absolute atomic E-state index is 0.146. The van der Waals surface area contributed by atoms with Crippen LogP contribution in [0.4, 0.5) is 4.39 Å². The van der Waals surface area contributed by atoms with Crippen LogP contribution in [-0.2, 0) is 6.54 Å². The van der Waals surface area contributed by atoms with Crippen molar-refractivity contribution in [3.05, 3.63) is 65.2 Å². The van der Waals surface area contributed by atoms with Crippen LogP contribution in [-0.4, -0.2) is 17.4 Å². The van der Waals surface area contributed by atoms with E-state index in [0.29, 0.717) is 17.7 Å². The SMILES string of the molecule is NCC#Cc1cc(F)ccc1C(=O)NCc1cccnc1. The van der Waals surface area contributed by atoms with Gasteiger partial charge in [0, 0.05) is 24.5 Å². The molecule has 21 heavy (non-hydrogen) atoms. The Morgan fingerprint density at radius 2 is 2.24 bits per heavy atom. The summed E-state index contributed by atoms with van der Waals surface area (Å²) < 4.78 is 13.2. The number of rotatable bonds is 3. The standard InChI is InChI=1S/C16H14FN3O/c17-14-5-6-15(13(9-14)4-1-7-18)16(21)20-11-12-3-2-8-19-10-12/h2-3,5-6,8-10H,7,11,18H2,(H,20,21). The molecule has 3 N–H and O–H groups in total. The molecule has 0 spiro atoms.